The van der Waals surface area contributed by atoms with E-state index in [0.717, 1.165) is 43.0 Å². The van der Waals surface area contributed by atoms with Gasteiger partial charge in [0, 0.05) is 19.7 Å². The van der Waals surface area contributed by atoms with E-state index in [4.69, 9.17) is 4.74 Å². The van der Waals surface area contributed by atoms with Crippen LogP contribution in [-0.2, 0) is 11.3 Å². The predicted molar refractivity (Wildman–Crippen MR) is 73.9 cm³/mol. The second kappa shape index (κ2) is 7.01. The van der Waals surface area contributed by atoms with Crippen LogP contribution in [0, 0.1) is 5.92 Å². The molecule has 1 N–H and O–H groups in total. The molecule has 1 aliphatic heterocycles. The Hall–Kier alpha value is -0.720. The second-order valence-electron chi connectivity index (χ2n) is 4.81. The molecular formula is C12H22N4OS. The fraction of sp³-hybridized carbons (Fsp3) is 0.833. The van der Waals surface area contributed by atoms with Crippen molar-refractivity contribution in [3.05, 3.63) is 5.01 Å². The standard InChI is InChI=1S/C12H22N4OS/c1-3-13-12-15-14-11(18-12)8-16(2)7-10-5-4-6-17-9-10/h10H,3-9H2,1-2H3,(H,13,15). The van der Waals surface area contributed by atoms with Crippen molar-refractivity contribution in [1.82, 2.24) is 15.1 Å². The molecule has 0 radical (unpaired) electrons. The SMILES string of the molecule is CCNc1nnc(CN(C)CC2CCCOC2)s1. The van der Waals surface area contributed by atoms with Crippen LogP contribution in [-0.4, -0.2) is 48.4 Å². The number of hydrogen-bond acceptors (Lipinski definition) is 6. The van der Waals surface area contributed by atoms with Gasteiger partial charge in [-0.1, -0.05) is 11.3 Å². The van der Waals surface area contributed by atoms with E-state index >= 15 is 0 Å². The Morgan fingerprint density at radius 1 is 1.50 bits per heavy atom. The molecule has 1 saturated heterocycles. The zero-order valence-corrected chi connectivity index (χ0v) is 12.0. The monoisotopic (exact) mass is 270 g/mol. The molecule has 1 aliphatic rings. The largest absolute Gasteiger partial charge is 0.381 e. The summed E-state index contributed by atoms with van der Waals surface area (Å²) in [5, 5.41) is 13.5. The molecular weight excluding hydrogens is 248 g/mol. The molecule has 18 heavy (non-hydrogen) atoms. The van der Waals surface area contributed by atoms with E-state index < -0.39 is 0 Å². The zero-order chi connectivity index (χ0) is 12.8. The predicted octanol–water partition coefficient (Wildman–Crippen LogP) is 1.83. The summed E-state index contributed by atoms with van der Waals surface area (Å²) in [6.07, 6.45) is 2.48. The van der Waals surface area contributed by atoms with Gasteiger partial charge in [0.1, 0.15) is 5.01 Å². The van der Waals surface area contributed by atoms with Crippen LogP contribution in [0.2, 0.25) is 0 Å². The molecule has 5 nitrogen and oxygen atoms in total. The van der Waals surface area contributed by atoms with Gasteiger partial charge in [-0.3, -0.25) is 4.90 Å². The van der Waals surface area contributed by atoms with Crippen molar-refractivity contribution in [2.75, 3.05) is 38.7 Å². The summed E-state index contributed by atoms with van der Waals surface area (Å²) in [7, 11) is 2.14. The Labute approximate surface area is 113 Å². The summed E-state index contributed by atoms with van der Waals surface area (Å²) in [5.74, 6) is 0.671. The van der Waals surface area contributed by atoms with Gasteiger partial charge in [0.05, 0.1) is 13.2 Å². The zero-order valence-electron chi connectivity index (χ0n) is 11.2. The van der Waals surface area contributed by atoms with Crippen LogP contribution >= 0.6 is 11.3 Å². The van der Waals surface area contributed by atoms with Gasteiger partial charge in [-0.15, -0.1) is 10.2 Å². The highest BCUT2D eigenvalue weighted by Crippen LogP contribution is 2.18. The normalized spacial score (nSPS) is 20.3. The number of hydrogen-bond donors (Lipinski definition) is 1. The Kier molecular flexibility index (Phi) is 5.34. The summed E-state index contributed by atoms with van der Waals surface area (Å²) < 4.78 is 5.51. The quantitative estimate of drug-likeness (QED) is 0.854. The van der Waals surface area contributed by atoms with Gasteiger partial charge < -0.3 is 10.1 Å². The van der Waals surface area contributed by atoms with E-state index in [2.05, 4.69) is 34.4 Å². The number of anilines is 1. The minimum Gasteiger partial charge on any atom is -0.381 e. The van der Waals surface area contributed by atoms with Crippen LogP contribution in [0.1, 0.15) is 24.8 Å². The van der Waals surface area contributed by atoms with Crippen molar-refractivity contribution in [3.8, 4) is 0 Å². The molecule has 0 aromatic carbocycles. The van der Waals surface area contributed by atoms with Crippen LogP contribution in [0.3, 0.4) is 0 Å². The van der Waals surface area contributed by atoms with Gasteiger partial charge in [0.15, 0.2) is 0 Å². The molecule has 0 bridgehead atoms. The minimum atomic E-state index is 0.671. The maximum Gasteiger partial charge on any atom is 0.205 e. The van der Waals surface area contributed by atoms with E-state index in [9.17, 15) is 0 Å². The number of nitrogens with zero attached hydrogens (tertiary/aromatic N) is 3. The van der Waals surface area contributed by atoms with E-state index in [1.54, 1.807) is 11.3 Å². The summed E-state index contributed by atoms with van der Waals surface area (Å²) in [5.41, 5.74) is 0. The highest BCUT2D eigenvalue weighted by molar-refractivity contribution is 7.15. The van der Waals surface area contributed by atoms with Crippen molar-refractivity contribution in [2.45, 2.75) is 26.3 Å². The van der Waals surface area contributed by atoms with Crippen molar-refractivity contribution < 1.29 is 4.74 Å². The average Bonchev–Trinajstić information content (AvgIpc) is 2.78. The molecule has 1 aromatic heterocycles. The van der Waals surface area contributed by atoms with E-state index in [1.807, 2.05) is 0 Å². The fourth-order valence-electron chi connectivity index (χ4n) is 2.23. The van der Waals surface area contributed by atoms with Crippen LogP contribution in [0.5, 0.6) is 0 Å². The van der Waals surface area contributed by atoms with Gasteiger partial charge >= 0.3 is 0 Å². The first-order valence-corrected chi connectivity index (χ1v) is 7.42. The third kappa shape index (κ3) is 4.19. The first kappa shape index (κ1) is 13.7. The van der Waals surface area contributed by atoms with Crippen molar-refractivity contribution >= 4 is 16.5 Å². The highest BCUT2D eigenvalue weighted by Gasteiger charge is 2.16. The van der Waals surface area contributed by atoms with E-state index in [1.165, 1.54) is 12.8 Å². The van der Waals surface area contributed by atoms with Crippen LogP contribution in [0.15, 0.2) is 0 Å². The topological polar surface area (TPSA) is 50.3 Å². The lowest BCUT2D eigenvalue weighted by Crippen LogP contribution is -2.30. The maximum absolute atomic E-state index is 5.51. The molecule has 1 fully saturated rings. The molecule has 1 aromatic rings. The Morgan fingerprint density at radius 2 is 2.39 bits per heavy atom. The number of nitrogens with one attached hydrogen (secondary N) is 1. The first-order chi connectivity index (χ1) is 8.78. The molecule has 2 heterocycles. The maximum atomic E-state index is 5.51. The summed E-state index contributed by atoms with van der Waals surface area (Å²) in [6, 6.07) is 0. The summed E-state index contributed by atoms with van der Waals surface area (Å²) >= 11 is 1.64. The molecule has 0 spiro atoms. The lowest BCUT2D eigenvalue weighted by atomic mass is 10.0. The van der Waals surface area contributed by atoms with Gasteiger partial charge in [-0.25, -0.2) is 0 Å². The lowest BCUT2D eigenvalue weighted by Gasteiger charge is -2.26. The molecule has 0 saturated carbocycles. The van der Waals surface area contributed by atoms with Crippen LogP contribution in [0.4, 0.5) is 5.13 Å². The molecule has 1 unspecified atom stereocenters. The van der Waals surface area contributed by atoms with Gasteiger partial charge in [0.2, 0.25) is 5.13 Å². The Morgan fingerprint density at radius 3 is 3.11 bits per heavy atom. The van der Waals surface area contributed by atoms with Crippen molar-refractivity contribution in [2.24, 2.45) is 5.92 Å². The summed E-state index contributed by atoms with van der Waals surface area (Å²) in [6.45, 7) is 6.75. The third-order valence-electron chi connectivity index (χ3n) is 3.02. The first-order valence-electron chi connectivity index (χ1n) is 6.60. The minimum absolute atomic E-state index is 0.671. The molecule has 102 valence electrons. The number of aromatic nitrogens is 2. The molecule has 1 atom stereocenters. The van der Waals surface area contributed by atoms with Crippen LogP contribution in [0.25, 0.3) is 0 Å². The van der Waals surface area contributed by atoms with Crippen molar-refractivity contribution in [3.63, 3.8) is 0 Å². The second-order valence-corrected chi connectivity index (χ2v) is 5.87. The molecule has 2 rings (SSSR count). The summed E-state index contributed by atoms with van der Waals surface area (Å²) in [4.78, 5) is 2.32. The third-order valence-corrected chi connectivity index (χ3v) is 3.89. The van der Waals surface area contributed by atoms with Crippen molar-refractivity contribution in [1.29, 1.82) is 0 Å². The highest BCUT2D eigenvalue weighted by atomic mass is 32.1. The van der Waals surface area contributed by atoms with Gasteiger partial charge in [-0.2, -0.15) is 0 Å². The Bertz CT molecular complexity index is 352. The molecule has 6 heteroatoms. The number of rotatable bonds is 6. The lowest BCUT2D eigenvalue weighted by molar-refractivity contribution is 0.0411. The van der Waals surface area contributed by atoms with Gasteiger partial charge in [-0.05, 0) is 32.7 Å². The Balaban J connectivity index is 1.76. The average molecular weight is 270 g/mol. The molecule has 0 amide bonds. The van der Waals surface area contributed by atoms with Gasteiger partial charge in [0.25, 0.3) is 0 Å². The number of ether oxygens (including phenoxy) is 1. The van der Waals surface area contributed by atoms with Crippen LogP contribution < -0.4 is 5.32 Å². The van der Waals surface area contributed by atoms with E-state index in [-0.39, 0.29) is 0 Å². The van der Waals surface area contributed by atoms with E-state index in [0.29, 0.717) is 5.92 Å². The fourth-order valence-corrected chi connectivity index (χ4v) is 3.12. The molecule has 0 aliphatic carbocycles. The smallest absolute Gasteiger partial charge is 0.205 e.